The summed E-state index contributed by atoms with van der Waals surface area (Å²) in [6.07, 6.45) is -0.865. The van der Waals surface area contributed by atoms with E-state index in [0.29, 0.717) is 0 Å². The topological polar surface area (TPSA) is 91.7 Å². The number of carboxylic acid groups (broad SMARTS) is 2. The van der Waals surface area contributed by atoms with Gasteiger partial charge in [-0.25, -0.2) is 4.79 Å². The normalized spacial score (nSPS) is 8.80. The lowest BCUT2D eigenvalue weighted by Gasteiger charge is -1.88. The summed E-state index contributed by atoms with van der Waals surface area (Å²) in [5.41, 5.74) is 0. The van der Waals surface area contributed by atoms with E-state index in [1.807, 2.05) is 0 Å². The number of Topliss-reactive ketones (excluding diaryl/α,β-unsaturated/α-hetero) is 1. The predicted octanol–water partition coefficient (Wildman–Crippen LogP) is -0.495. The lowest BCUT2D eigenvalue weighted by Crippen LogP contribution is -2.13. The van der Waals surface area contributed by atoms with Gasteiger partial charge in [0.25, 0.3) is 0 Å². The van der Waals surface area contributed by atoms with E-state index in [9.17, 15) is 14.4 Å². The first-order valence-electron chi connectivity index (χ1n) is 2.52. The Morgan fingerprint density at radius 2 is 1.80 bits per heavy atom. The van der Waals surface area contributed by atoms with Crippen molar-refractivity contribution >= 4 is 17.7 Å². The SMILES string of the molecule is O=C(O)CCC(=O)[14C](=O)O. The number of ketones is 1. The molecular weight excluding hydrogens is 142 g/mol. The smallest absolute Gasteiger partial charge is 0.372 e. The molecule has 2 N–H and O–H groups in total. The van der Waals surface area contributed by atoms with E-state index in [2.05, 4.69) is 0 Å². The van der Waals surface area contributed by atoms with Crippen molar-refractivity contribution in [2.75, 3.05) is 0 Å². The molecule has 56 valence electrons. The molecule has 5 nitrogen and oxygen atoms in total. The van der Waals surface area contributed by atoms with Crippen LogP contribution in [0.25, 0.3) is 0 Å². The fraction of sp³-hybridized carbons (Fsp3) is 0.400. The molecule has 0 aliphatic heterocycles. The average Bonchev–Trinajstić information content (AvgIpc) is 1.82. The molecule has 0 aromatic carbocycles. The van der Waals surface area contributed by atoms with Crippen LogP contribution in [0.4, 0.5) is 0 Å². The molecule has 0 aromatic rings. The Kier molecular flexibility index (Phi) is 3.10. The summed E-state index contributed by atoms with van der Waals surface area (Å²) in [6, 6.07) is 0. The third-order valence-corrected chi connectivity index (χ3v) is 0.804. The van der Waals surface area contributed by atoms with Crippen molar-refractivity contribution < 1.29 is 24.6 Å². The highest BCUT2D eigenvalue weighted by Crippen LogP contribution is 1.89. The second kappa shape index (κ2) is 3.60. The highest BCUT2D eigenvalue weighted by molar-refractivity contribution is 6.32. The summed E-state index contributed by atoms with van der Waals surface area (Å²) in [5, 5.41) is 16.0. The van der Waals surface area contributed by atoms with Crippen LogP contribution >= 0.6 is 0 Å². The van der Waals surface area contributed by atoms with Crippen LogP contribution in [0, 0.1) is 0 Å². The third kappa shape index (κ3) is 3.59. The fourth-order valence-electron chi connectivity index (χ4n) is 0.327. The lowest BCUT2D eigenvalue weighted by atomic mass is 10.3. The van der Waals surface area contributed by atoms with Gasteiger partial charge in [-0.3, -0.25) is 9.59 Å². The molecular formula is C5H6O5. The van der Waals surface area contributed by atoms with Crippen LogP contribution < -0.4 is 0 Å². The lowest BCUT2D eigenvalue weighted by molar-refractivity contribution is -0.149. The van der Waals surface area contributed by atoms with E-state index in [-0.39, 0.29) is 0 Å². The molecule has 0 saturated carbocycles. The molecule has 0 radical (unpaired) electrons. The molecule has 0 aliphatic carbocycles. The Morgan fingerprint density at radius 3 is 2.10 bits per heavy atom. The summed E-state index contributed by atoms with van der Waals surface area (Å²) in [7, 11) is 0. The van der Waals surface area contributed by atoms with Gasteiger partial charge in [-0.05, 0) is 0 Å². The highest BCUT2D eigenvalue weighted by Gasteiger charge is 2.12. The maximum Gasteiger partial charge on any atom is 0.372 e. The third-order valence-electron chi connectivity index (χ3n) is 0.804. The molecule has 0 heterocycles. The zero-order valence-electron chi connectivity index (χ0n) is 5.03. The van der Waals surface area contributed by atoms with Crippen molar-refractivity contribution in [3.05, 3.63) is 0 Å². The molecule has 0 saturated heterocycles. The molecule has 0 fully saturated rings. The fourth-order valence-corrected chi connectivity index (χ4v) is 0.327. The van der Waals surface area contributed by atoms with Gasteiger partial charge in [-0.2, -0.15) is 0 Å². The van der Waals surface area contributed by atoms with Crippen LogP contribution in [0.2, 0.25) is 0 Å². The van der Waals surface area contributed by atoms with Crippen molar-refractivity contribution in [1.29, 1.82) is 0 Å². The van der Waals surface area contributed by atoms with Gasteiger partial charge in [0, 0.05) is 6.42 Å². The van der Waals surface area contributed by atoms with Gasteiger partial charge in [0.15, 0.2) is 0 Å². The Morgan fingerprint density at radius 1 is 1.30 bits per heavy atom. The molecule has 0 bridgehead atoms. The quantitative estimate of drug-likeness (QED) is 0.524. The first-order chi connectivity index (χ1) is 4.54. The molecule has 0 spiro atoms. The predicted molar refractivity (Wildman–Crippen MR) is 29.5 cm³/mol. The summed E-state index contributed by atoms with van der Waals surface area (Å²) in [6.45, 7) is 0. The zero-order valence-corrected chi connectivity index (χ0v) is 5.03. The van der Waals surface area contributed by atoms with Crippen molar-refractivity contribution in [2.24, 2.45) is 0 Å². The number of hydrogen-bond donors (Lipinski definition) is 2. The monoisotopic (exact) mass is 148 g/mol. The maximum absolute atomic E-state index is 10.2. The molecule has 0 aromatic heterocycles. The summed E-state index contributed by atoms with van der Waals surface area (Å²) >= 11 is 0. The van der Waals surface area contributed by atoms with E-state index in [0.717, 1.165) is 0 Å². The Bertz CT molecular complexity index is 171. The molecule has 0 amide bonds. The van der Waals surface area contributed by atoms with Crippen LogP contribution in [-0.2, 0) is 14.4 Å². The Hall–Kier alpha value is -1.39. The van der Waals surface area contributed by atoms with Crippen molar-refractivity contribution in [1.82, 2.24) is 0 Å². The maximum atomic E-state index is 10.2. The molecule has 0 aliphatic rings. The number of carbonyl (C=O) groups is 3. The summed E-state index contributed by atoms with van der Waals surface area (Å²) in [4.78, 5) is 29.7. The minimum absolute atomic E-state index is 0.425. The first kappa shape index (κ1) is 8.61. The molecule has 10 heavy (non-hydrogen) atoms. The van der Waals surface area contributed by atoms with E-state index >= 15 is 0 Å². The minimum atomic E-state index is -1.58. The van der Waals surface area contributed by atoms with Gasteiger partial charge < -0.3 is 10.2 Å². The first-order valence-corrected chi connectivity index (χ1v) is 2.52. The highest BCUT2D eigenvalue weighted by atomic mass is 16.6. The Balaban J connectivity index is 3.60. The average molecular weight is 148 g/mol. The standard InChI is InChI=1S/C5H6O5/c6-3(5(9)10)1-2-4(7)8/h1-2H2,(H,7,8)(H,9,10)/i5+2. The van der Waals surface area contributed by atoms with E-state index in [1.165, 1.54) is 0 Å². The van der Waals surface area contributed by atoms with Crippen LogP contribution in [0.1, 0.15) is 12.8 Å². The van der Waals surface area contributed by atoms with Crippen molar-refractivity contribution in [2.45, 2.75) is 12.8 Å². The van der Waals surface area contributed by atoms with Crippen LogP contribution in [0.15, 0.2) is 0 Å². The summed E-state index contributed by atoms with van der Waals surface area (Å²) < 4.78 is 0. The summed E-state index contributed by atoms with van der Waals surface area (Å²) in [5.74, 6) is -3.82. The van der Waals surface area contributed by atoms with Gasteiger partial charge >= 0.3 is 11.9 Å². The number of carbonyl (C=O) groups excluding carboxylic acids is 1. The van der Waals surface area contributed by atoms with Crippen LogP contribution in [0.5, 0.6) is 0 Å². The van der Waals surface area contributed by atoms with E-state index in [1.54, 1.807) is 0 Å². The minimum Gasteiger partial charge on any atom is -0.481 e. The molecule has 0 atom stereocenters. The van der Waals surface area contributed by atoms with Crippen molar-refractivity contribution in [3.8, 4) is 0 Å². The van der Waals surface area contributed by atoms with Gasteiger partial charge in [0.2, 0.25) is 5.78 Å². The second-order valence-corrected chi connectivity index (χ2v) is 1.62. The van der Waals surface area contributed by atoms with Crippen LogP contribution in [0.3, 0.4) is 0 Å². The second-order valence-electron chi connectivity index (χ2n) is 1.62. The Labute approximate surface area is 56.3 Å². The van der Waals surface area contributed by atoms with E-state index in [4.69, 9.17) is 10.2 Å². The van der Waals surface area contributed by atoms with Gasteiger partial charge in [0.05, 0.1) is 6.42 Å². The van der Waals surface area contributed by atoms with E-state index < -0.39 is 30.6 Å². The molecule has 5 heteroatoms. The molecule has 0 rings (SSSR count). The van der Waals surface area contributed by atoms with Gasteiger partial charge in [-0.15, -0.1) is 0 Å². The van der Waals surface area contributed by atoms with Gasteiger partial charge in [-0.1, -0.05) is 0 Å². The molecule has 0 unspecified atom stereocenters. The number of rotatable bonds is 4. The van der Waals surface area contributed by atoms with Crippen molar-refractivity contribution in [3.63, 3.8) is 0 Å². The largest absolute Gasteiger partial charge is 0.481 e. The van der Waals surface area contributed by atoms with Gasteiger partial charge in [0.1, 0.15) is 0 Å². The zero-order chi connectivity index (χ0) is 8.15. The number of aliphatic carboxylic acids is 2. The van der Waals surface area contributed by atoms with Crippen LogP contribution in [-0.4, -0.2) is 27.9 Å². The number of hydrogen-bond acceptors (Lipinski definition) is 3. The number of carboxylic acids is 2.